The van der Waals surface area contributed by atoms with Gasteiger partial charge in [0, 0.05) is 17.9 Å². The van der Waals surface area contributed by atoms with Gasteiger partial charge in [0.25, 0.3) is 0 Å². The monoisotopic (exact) mass is 284 g/mol. The summed E-state index contributed by atoms with van der Waals surface area (Å²) in [4.78, 5) is 11.7. The number of hydrogen-bond donors (Lipinski definition) is 1. The number of esters is 1. The summed E-state index contributed by atoms with van der Waals surface area (Å²) in [7, 11) is 1.36. The number of hydrogen-bond acceptors (Lipinski definition) is 4. The third kappa shape index (κ3) is 2.62. The van der Waals surface area contributed by atoms with Crippen LogP contribution in [-0.4, -0.2) is 24.5 Å². The van der Waals surface area contributed by atoms with Crippen molar-refractivity contribution in [3.8, 4) is 5.75 Å². The fraction of sp³-hybridized carbons (Fsp3) is 0.235. The van der Waals surface area contributed by atoms with Crippen molar-refractivity contribution in [2.75, 3.05) is 7.11 Å². The van der Waals surface area contributed by atoms with Crippen LogP contribution in [-0.2, 0) is 4.74 Å². The summed E-state index contributed by atoms with van der Waals surface area (Å²) in [6.45, 7) is 0. The van der Waals surface area contributed by atoms with E-state index >= 15 is 0 Å². The van der Waals surface area contributed by atoms with Gasteiger partial charge in [-0.2, -0.15) is 0 Å². The summed E-state index contributed by atoms with van der Waals surface area (Å²) < 4.78 is 10.2. The molecule has 4 nitrogen and oxygen atoms in total. The number of aliphatic hydroxyl groups is 1. The first-order chi connectivity index (χ1) is 10.2. The maximum Gasteiger partial charge on any atom is 0.337 e. The summed E-state index contributed by atoms with van der Waals surface area (Å²) >= 11 is 0. The Hall–Kier alpha value is -2.33. The molecule has 0 unspecified atom stereocenters. The molecule has 2 aromatic carbocycles. The SMILES string of the molecule is COC(=O)c1ccc2c(c1)[C@H](c1ccccc1)C[C@H](O)O2. The first kappa shape index (κ1) is 13.6. The molecule has 1 heterocycles. The maximum absolute atomic E-state index is 11.7. The van der Waals surface area contributed by atoms with E-state index in [9.17, 15) is 9.90 Å². The molecule has 108 valence electrons. The van der Waals surface area contributed by atoms with Gasteiger partial charge >= 0.3 is 5.97 Å². The van der Waals surface area contributed by atoms with Gasteiger partial charge in [0.15, 0.2) is 6.29 Å². The highest BCUT2D eigenvalue weighted by Gasteiger charge is 2.29. The smallest absolute Gasteiger partial charge is 0.337 e. The molecule has 0 bridgehead atoms. The van der Waals surface area contributed by atoms with Crippen molar-refractivity contribution < 1.29 is 19.4 Å². The zero-order valence-corrected chi connectivity index (χ0v) is 11.7. The standard InChI is InChI=1S/C17H16O4/c1-20-17(19)12-7-8-15-14(9-12)13(10-16(18)21-15)11-5-3-2-4-6-11/h2-9,13,16,18H,10H2,1H3/t13-,16+/m0/s1. The van der Waals surface area contributed by atoms with E-state index in [1.54, 1.807) is 18.2 Å². The summed E-state index contributed by atoms with van der Waals surface area (Å²) in [5.74, 6) is 0.223. The van der Waals surface area contributed by atoms with Crippen LogP contribution in [0.4, 0.5) is 0 Å². The van der Waals surface area contributed by atoms with Gasteiger partial charge in [0.05, 0.1) is 12.7 Å². The maximum atomic E-state index is 11.7. The lowest BCUT2D eigenvalue weighted by molar-refractivity contribution is -0.0359. The van der Waals surface area contributed by atoms with Crippen molar-refractivity contribution >= 4 is 5.97 Å². The van der Waals surface area contributed by atoms with E-state index in [-0.39, 0.29) is 11.9 Å². The largest absolute Gasteiger partial charge is 0.465 e. The van der Waals surface area contributed by atoms with E-state index in [4.69, 9.17) is 9.47 Å². The topological polar surface area (TPSA) is 55.8 Å². The minimum atomic E-state index is -0.841. The normalized spacial score (nSPS) is 20.3. The second kappa shape index (κ2) is 5.58. The molecule has 1 aliphatic rings. The molecule has 0 saturated heterocycles. The van der Waals surface area contributed by atoms with Crippen LogP contribution >= 0.6 is 0 Å². The van der Waals surface area contributed by atoms with Crippen LogP contribution in [0.15, 0.2) is 48.5 Å². The highest BCUT2D eigenvalue weighted by Crippen LogP contribution is 2.40. The summed E-state index contributed by atoms with van der Waals surface area (Å²) in [6, 6.07) is 15.0. The summed E-state index contributed by atoms with van der Waals surface area (Å²) in [5, 5.41) is 9.90. The summed E-state index contributed by atoms with van der Waals surface area (Å²) in [6.07, 6.45) is -0.381. The highest BCUT2D eigenvalue weighted by atomic mass is 16.6. The number of carbonyl (C=O) groups is 1. The van der Waals surface area contributed by atoms with Gasteiger partial charge in [-0.15, -0.1) is 0 Å². The molecule has 2 atom stereocenters. The molecule has 1 N–H and O–H groups in total. The number of rotatable bonds is 2. The molecule has 0 saturated carbocycles. The highest BCUT2D eigenvalue weighted by molar-refractivity contribution is 5.89. The number of benzene rings is 2. The predicted octanol–water partition coefficient (Wildman–Crippen LogP) is 2.71. The minimum absolute atomic E-state index is 0.00504. The van der Waals surface area contributed by atoms with Crippen LogP contribution in [0.25, 0.3) is 0 Å². The minimum Gasteiger partial charge on any atom is -0.465 e. The number of ether oxygens (including phenoxy) is 2. The molecule has 21 heavy (non-hydrogen) atoms. The average molecular weight is 284 g/mol. The van der Waals surface area contributed by atoms with Gasteiger partial charge in [0.1, 0.15) is 5.75 Å². The molecule has 0 fully saturated rings. The molecule has 2 aromatic rings. The Morgan fingerprint density at radius 1 is 1.24 bits per heavy atom. The van der Waals surface area contributed by atoms with Crippen LogP contribution < -0.4 is 4.74 Å². The van der Waals surface area contributed by atoms with Crippen molar-refractivity contribution in [3.05, 3.63) is 65.2 Å². The van der Waals surface area contributed by atoms with Gasteiger partial charge in [0.2, 0.25) is 0 Å². The zero-order chi connectivity index (χ0) is 14.8. The van der Waals surface area contributed by atoms with E-state index in [1.807, 2.05) is 30.3 Å². The van der Waals surface area contributed by atoms with Crippen LogP contribution in [0.5, 0.6) is 5.75 Å². The fourth-order valence-electron chi connectivity index (χ4n) is 2.70. The van der Waals surface area contributed by atoms with Crippen molar-refractivity contribution in [1.29, 1.82) is 0 Å². The number of methoxy groups -OCH3 is 1. The first-order valence-corrected chi connectivity index (χ1v) is 6.81. The van der Waals surface area contributed by atoms with Gasteiger partial charge in [-0.3, -0.25) is 0 Å². The molecule has 3 rings (SSSR count). The lowest BCUT2D eigenvalue weighted by Crippen LogP contribution is -2.26. The number of carbonyl (C=O) groups excluding carboxylic acids is 1. The third-order valence-corrected chi connectivity index (χ3v) is 3.71. The predicted molar refractivity (Wildman–Crippen MR) is 77.3 cm³/mol. The van der Waals surface area contributed by atoms with Crippen LogP contribution in [0.2, 0.25) is 0 Å². The fourth-order valence-corrected chi connectivity index (χ4v) is 2.70. The molecule has 0 radical (unpaired) electrons. The number of aliphatic hydroxyl groups excluding tert-OH is 1. The Balaban J connectivity index is 2.07. The van der Waals surface area contributed by atoms with Crippen molar-refractivity contribution in [3.63, 3.8) is 0 Å². The average Bonchev–Trinajstić information content (AvgIpc) is 2.53. The van der Waals surface area contributed by atoms with Gasteiger partial charge in [-0.25, -0.2) is 4.79 Å². The van der Waals surface area contributed by atoms with Crippen LogP contribution in [0.1, 0.15) is 33.8 Å². The van der Waals surface area contributed by atoms with Crippen molar-refractivity contribution in [1.82, 2.24) is 0 Å². The van der Waals surface area contributed by atoms with E-state index < -0.39 is 6.29 Å². The quantitative estimate of drug-likeness (QED) is 0.861. The molecule has 0 amide bonds. The first-order valence-electron chi connectivity index (χ1n) is 6.81. The van der Waals surface area contributed by atoms with Crippen LogP contribution in [0.3, 0.4) is 0 Å². The molecule has 1 aliphatic heterocycles. The lowest BCUT2D eigenvalue weighted by Gasteiger charge is -2.30. The molecule has 4 heteroatoms. The molecule has 0 aromatic heterocycles. The van der Waals surface area contributed by atoms with E-state index in [1.165, 1.54) is 7.11 Å². The molecule has 0 spiro atoms. The molecular weight excluding hydrogens is 268 g/mol. The van der Waals surface area contributed by atoms with E-state index in [0.29, 0.717) is 17.7 Å². The second-order valence-electron chi connectivity index (χ2n) is 5.02. The second-order valence-corrected chi connectivity index (χ2v) is 5.02. The van der Waals surface area contributed by atoms with E-state index in [2.05, 4.69) is 0 Å². The van der Waals surface area contributed by atoms with Gasteiger partial charge < -0.3 is 14.6 Å². The molecule has 0 aliphatic carbocycles. The summed E-state index contributed by atoms with van der Waals surface area (Å²) in [5.41, 5.74) is 2.47. The Labute approximate surface area is 122 Å². The molecular formula is C17H16O4. The van der Waals surface area contributed by atoms with Crippen molar-refractivity contribution in [2.45, 2.75) is 18.6 Å². The Bertz CT molecular complexity index is 651. The van der Waals surface area contributed by atoms with Gasteiger partial charge in [-0.1, -0.05) is 30.3 Å². The Morgan fingerprint density at radius 3 is 2.71 bits per heavy atom. The van der Waals surface area contributed by atoms with Crippen molar-refractivity contribution in [2.24, 2.45) is 0 Å². The van der Waals surface area contributed by atoms with Crippen LogP contribution in [0, 0.1) is 0 Å². The number of fused-ring (bicyclic) bond motifs is 1. The third-order valence-electron chi connectivity index (χ3n) is 3.71. The van der Waals surface area contributed by atoms with Gasteiger partial charge in [-0.05, 0) is 23.8 Å². The lowest BCUT2D eigenvalue weighted by atomic mass is 9.85. The Kier molecular flexibility index (Phi) is 3.62. The van der Waals surface area contributed by atoms with E-state index in [0.717, 1.165) is 11.1 Å². The zero-order valence-electron chi connectivity index (χ0n) is 11.7. The Morgan fingerprint density at radius 2 is 2.00 bits per heavy atom.